The first-order valence-corrected chi connectivity index (χ1v) is 7.57. The van der Waals surface area contributed by atoms with Crippen molar-refractivity contribution in [1.82, 2.24) is 5.43 Å². The second kappa shape index (κ2) is 7.81. The lowest BCUT2D eigenvalue weighted by atomic mass is 10.1. The zero-order chi connectivity index (χ0) is 19.3. The van der Waals surface area contributed by atoms with Gasteiger partial charge in [0.05, 0.1) is 5.71 Å². The number of hydrazone groups is 1. The predicted octanol–water partition coefficient (Wildman–Crippen LogP) is 3.65. The Morgan fingerprint density at radius 2 is 1.46 bits per heavy atom. The predicted molar refractivity (Wildman–Crippen MR) is 92.0 cm³/mol. The Morgan fingerprint density at radius 1 is 0.923 bits per heavy atom. The van der Waals surface area contributed by atoms with Gasteiger partial charge in [-0.2, -0.15) is 18.3 Å². The van der Waals surface area contributed by atoms with Gasteiger partial charge in [-0.05, 0) is 43.7 Å². The van der Waals surface area contributed by atoms with Crippen molar-refractivity contribution >= 4 is 23.2 Å². The molecule has 0 fully saturated rings. The van der Waals surface area contributed by atoms with Crippen LogP contribution in [0.5, 0.6) is 0 Å². The molecule has 0 unspecified atom stereocenters. The van der Waals surface area contributed by atoms with Crippen molar-refractivity contribution in [3.63, 3.8) is 0 Å². The quantitative estimate of drug-likeness (QED) is 0.643. The first-order chi connectivity index (χ1) is 12.2. The Hall–Kier alpha value is -3.16. The van der Waals surface area contributed by atoms with Crippen molar-refractivity contribution in [1.29, 1.82) is 0 Å². The second-order valence-electron chi connectivity index (χ2n) is 5.53. The number of aryl methyl sites for hydroxylation is 1. The monoisotopic (exact) mass is 363 g/mol. The van der Waals surface area contributed by atoms with Crippen molar-refractivity contribution in [3.05, 3.63) is 65.2 Å². The van der Waals surface area contributed by atoms with E-state index in [1.807, 2.05) is 6.92 Å². The Labute approximate surface area is 147 Å². The van der Waals surface area contributed by atoms with Crippen LogP contribution in [0.15, 0.2) is 53.6 Å². The zero-order valence-corrected chi connectivity index (χ0v) is 14.0. The largest absolute Gasteiger partial charge is 0.471 e. The fraction of sp³-hybridized carbons (Fsp3) is 0.167. The van der Waals surface area contributed by atoms with Crippen molar-refractivity contribution in [3.8, 4) is 0 Å². The van der Waals surface area contributed by atoms with Crippen molar-refractivity contribution < 1.29 is 22.8 Å². The summed E-state index contributed by atoms with van der Waals surface area (Å²) < 4.78 is 36.6. The van der Waals surface area contributed by atoms with Gasteiger partial charge in [-0.25, -0.2) is 5.43 Å². The van der Waals surface area contributed by atoms with E-state index in [-0.39, 0.29) is 11.6 Å². The molecule has 0 atom stereocenters. The van der Waals surface area contributed by atoms with Gasteiger partial charge in [-0.3, -0.25) is 9.59 Å². The number of carbonyl (C=O) groups excluding carboxylic acids is 2. The number of halogens is 3. The van der Waals surface area contributed by atoms with E-state index in [9.17, 15) is 22.8 Å². The maximum atomic E-state index is 12.2. The lowest BCUT2D eigenvalue weighted by molar-refractivity contribution is -0.167. The van der Waals surface area contributed by atoms with Gasteiger partial charge in [0.25, 0.3) is 5.91 Å². The molecule has 0 bridgehead atoms. The summed E-state index contributed by atoms with van der Waals surface area (Å²) in [6.07, 6.45) is -4.95. The van der Waals surface area contributed by atoms with Crippen LogP contribution >= 0.6 is 0 Å². The zero-order valence-electron chi connectivity index (χ0n) is 14.0. The summed E-state index contributed by atoms with van der Waals surface area (Å²) >= 11 is 0. The summed E-state index contributed by atoms with van der Waals surface area (Å²) in [4.78, 5) is 22.9. The molecule has 2 rings (SSSR count). The molecule has 136 valence electrons. The number of amides is 2. The summed E-state index contributed by atoms with van der Waals surface area (Å²) in [5.74, 6) is -2.42. The Bertz CT molecular complexity index is 826. The van der Waals surface area contributed by atoms with Crippen molar-refractivity contribution in [2.75, 3.05) is 5.32 Å². The molecular formula is C18H16F3N3O2. The molecule has 5 nitrogen and oxygen atoms in total. The third-order valence-corrected chi connectivity index (χ3v) is 3.46. The molecule has 0 saturated carbocycles. The van der Waals surface area contributed by atoms with Crippen LogP contribution in [0, 0.1) is 6.92 Å². The molecule has 0 aliphatic heterocycles. The second-order valence-corrected chi connectivity index (χ2v) is 5.53. The molecule has 0 aliphatic carbocycles. The van der Waals surface area contributed by atoms with Gasteiger partial charge in [0.15, 0.2) is 0 Å². The van der Waals surface area contributed by atoms with Gasteiger partial charge < -0.3 is 5.32 Å². The van der Waals surface area contributed by atoms with E-state index in [1.165, 1.54) is 24.3 Å². The smallest absolute Gasteiger partial charge is 0.318 e. The van der Waals surface area contributed by atoms with E-state index in [2.05, 4.69) is 10.5 Å². The van der Waals surface area contributed by atoms with Gasteiger partial charge in [-0.1, -0.05) is 29.8 Å². The molecule has 0 spiro atoms. The average Bonchev–Trinajstić information content (AvgIpc) is 2.59. The molecule has 0 saturated heterocycles. The molecule has 2 aromatic rings. The van der Waals surface area contributed by atoms with Crippen molar-refractivity contribution in [2.24, 2.45) is 5.10 Å². The van der Waals surface area contributed by atoms with Crippen LogP contribution in [0.1, 0.15) is 28.4 Å². The minimum atomic E-state index is -4.95. The van der Waals surface area contributed by atoms with Crippen LogP contribution in [0.25, 0.3) is 0 Å². The maximum absolute atomic E-state index is 12.2. The number of nitrogens with zero attached hydrogens (tertiary/aromatic N) is 1. The number of carbonyl (C=O) groups is 2. The summed E-state index contributed by atoms with van der Waals surface area (Å²) in [5.41, 5.74) is 4.94. The topological polar surface area (TPSA) is 70.6 Å². The Kier molecular flexibility index (Phi) is 5.76. The molecular weight excluding hydrogens is 347 g/mol. The first-order valence-electron chi connectivity index (χ1n) is 7.57. The van der Waals surface area contributed by atoms with E-state index < -0.39 is 12.1 Å². The Balaban J connectivity index is 2.01. The number of hydrogen-bond acceptors (Lipinski definition) is 3. The van der Waals surface area contributed by atoms with Crippen LogP contribution in [0.4, 0.5) is 18.9 Å². The molecule has 2 amide bonds. The van der Waals surface area contributed by atoms with Gasteiger partial charge in [0.1, 0.15) is 0 Å². The van der Waals surface area contributed by atoms with E-state index in [4.69, 9.17) is 0 Å². The number of nitrogens with one attached hydrogen (secondary N) is 2. The fourth-order valence-electron chi connectivity index (χ4n) is 1.97. The minimum absolute atomic E-state index is 0.00701. The lowest BCUT2D eigenvalue weighted by Gasteiger charge is -2.08. The molecule has 0 aromatic heterocycles. The van der Waals surface area contributed by atoms with Gasteiger partial charge in [0, 0.05) is 11.3 Å². The average molecular weight is 363 g/mol. The molecule has 2 N–H and O–H groups in total. The van der Waals surface area contributed by atoms with Crippen LogP contribution in [-0.4, -0.2) is 23.7 Å². The number of alkyl halides is 3. The molecule has 2 aromatic carbocycles. The fourth-order valence-corrected chi connectivity index (χ4v) is 1.97. The van der Waals surface area contributed by atoms with Crippen molar-refractivity contribution in [2.45, 2.75) is 20.0 Å². The standard InChI is InChI=1S/C18H16F3N3O2/c1-11-3-5-14(6-4-11)16(25)24-23-12(2)13-7-9-15(10-8-13)22-17(26)18(19,20)21/h3-10H,1-2H3,(H,22,26)(H,24,25)/b23-12+. The van der Waals surface area contributed by atoms with Crippen LogP contribution in [-0.2, 0) is 4.79 Å². The van der Waals surface area contributed by atoms with Gasteiger partial charge >= 0.3 is 12.1 Å². The van der Waals surface area contributed by atoms with E-state index in [0.29, 0.717) is 16.8 Å². The van der Waals surface area contributed by atoms with Crippen LogP contribution in [0.2, 0.25) is 0 Å². The van der Waals surface area contributed by atoms with E-state index in [0.717, 1.165) is 5.56 Å². The van der Waals surface area contributed by atoms with E-state index >= 15 is 0 Å². The highest BCUT2D eigenvalue weighted by Gasteiger charge is 2.38. The van der Waals surface area contributed by atoms with Gasteiger partial charge in [-0.15, -0.1) is 0 Å². The summed E-state index contributed by atoms with van der Waals surface area (Å²) in [6, 6.07) is 12.6. The first kappa shape index (κ1) is 19.2. The van der Waals surface area contributed by atoms with E-state index in [1.54, 1.807) is 36.5 Å². The SMILES string of the molecule is C/C(=N\NC(=O)c1ccc(C)cc1)c1ccc(NC(=O)C(F)(F)F)cc1. The molecule has 0 radical (unpaired) electrons. The molecule has 0 aliphatic rings. The minimum Gasteiger partial charge on any atom is -0.318 e. The molecule has 26 heavy (non-hydrogen) atoms. The third kappa shape index (κ3) is 5.17. The van der Waals surface area contributed by atoms with Gasteiger partial charge in [0.2, 0.25) is 0 Å². The normalized spacial score (nSPS) is 11.8. The molecule has 0 heterocycles. The Morgan fingerprint density at radius 3 is 2.00 bits per heavy atom. The molecule has 8 heteroatoms. The third-order valence-electron chi connectivity index (χ3n) is 3.46. The van der Waals surface area contributed by atoms with Crippen LogP contribution in [0.3, 0.4) is 0 Å². The number of anilines is 1. The highest BCUT2D eigenvalue weighted by molar-refractivity contribution is 6.01. The number of hydrogen-bond donors (Lipinski definition) is 2. The number of rotatable bonds is 4. The van der Waals surface area contributed by atoms with Crippen LogP contribution < -0.4 is 10.7 Å². The lowest BCUT2D eigenvalue weighted by Crippen LogP contribution is -2.29. The summed E-state index contributed by atoms with van der Waals surface area (Å²) in [5, 5.41) is 5.72. The highest BCUT2D eigenvalue weighted by atomic mass is 19.4. The summed E-state index contributed by atoms with van der Waals surface area (Å²) in [7, 11) is 0. The summed E-state index contributed by atoms with van der Waals surface area (Å²) in [6.45, 7) is 3.55. The number of benzene rings is 2. The highest BCUT2D eigenvalue weighted by Crippen LogP contribution is 2.18. The maximum Gasteiger partial charge on any atom is 0.471 e.